The van der Waals surface area contributed by atoms with Gasteiger partial charge in [-0.05, 0) is 61.5 Å². The lowest BCUT2D eigenvalue weighted by Gasteiger charge is -2.18. The van der Waals surface area contributed by atoms with Crippen LogP contribution in [0.3, 0.4) is 0 Å². The van der Waals surface area contributed by atoms with Crippen LogP contribution in [0, 0.1) is 0 Å². The maximum absolute atomic E-state index is 12.6. The van der Waals surface area contributed by atoms with Crippen molar-refractivity contribution in [1.29, 1.82) is 0 Å². The van der Waals surface area contributed by atoms with Crippen molar-refractivity contribution in [2.24, 2.45) is 0 Å². The van der Waals surface area contributed by atoms with E-state index < -0.39 is 6.61 Å². The summed E-state index contributed by atoms with van der Waals surface area (Å²) in [7, 11) is 1.96. The Hall–Kier alpha value is -3.45. The van der Waals surface area contributed by atoms with Crippen LogP contribution in [0.4, 0.5) is 14.5 Å². The summed E-state index contributed by atoms with van der Waals surface area (Å²) in [4.78, 5) is 14.5. The standard InChI is InChI=1S/C25H26F2N2O3/c1-3-31-23-15-19(11-14-22(23)32-25(26)27)17-29(2)16-18-9-12-20(13-10-18)24(30)28-21-7-5-4-6-8-21/h4-15,25H,3,16-17H2,1-2H3,(H,28,30). The number of ether oxygens (including phenoxy) is 2. The fraction of sp³-hybridized carbons (Fsp3) is 0.240. The number of benzene rings is 3. The van der Waals surface area contributed by atoms with E-state index in [1.807, 2.05) is 49.5 Å². The Bertz CT molecular complexity index is 1010. The molecule has 0 aliphatic carbocycles. The number of para-hydroxylation sites is 1. The second-order valence-electron chi connectivity index (χ2n) is 7.28. The number of nitrogens with one attached hydrogen (secondary N) is 1. The Labute approximate surface area is 186 Å². The van der Waals surface area contributed by atoms with Crippen LogP contribution in [-0.2, 0) is 13.1 Å². The van der Waals surface area contributed by atoms with Gasteiger partial charge < -0.3 is 14.8 Å². The number of hydrogen-bond acceptors (Lipinski definition) is 4. The molecule has 0 spiro atoms. The van der Waals surface area contributed by atoms with E-state index in [0.29, 0.717) is 31.0 Å². The number of carbonyl (C=O) groups is 1. The third-order valence-electron chi connectivity index (χ3n) is 4.68. The zero-order valence-corrected chi connectivity index (χ0v) is 18.1. The van der Waals surface area contributed by atoms with E-state index in [9.17, 15) is 13.6 Å². The molecule has 3 aromatic rings. The minimum atomic E-state index is -2.90. The SMILES string of the molecule is CCOc1cc(CN(C)Cc2ccc(C(=O)Nc3ccccc3)cc2)ccc1OC(F)F. The van der Waals surface area contributed by atoms with Crippen molar-refractivity contribution < 1.29 is 23.0 Å². The Kier molecular flexibility index (Phi) is 8.16. The van der Waals surface area contributed by atoms with Gasteiger partial charge in [0.2, 0.25) is 0 Å². The van der Waals surface area contributed by atoms with E-state index in [1.54, 1.807) is 31.2 Å². The fourth-order valence-corrected chi connectivity index (χ4v) is 3.28. The van der Waals surface area contributed by atoms with Crippen molar-refractivity contribution in [3.8, 4) is 11.5 Å². The molecule has 0 bridgehead atoms. The third kappa shape index (κ3) is 6.78. The molecule has 0 aromatic heterocycles. The number of anilines is 1. The van der Waals surface area contributed by atoms with Gasteiger partial charge >= 0.3 is 6.61 Å². The minimum Gasteiger partial charge on any atom is -0.490 e. The Balaban J connectivity index is 1.59. The van der Waals surface area contributed by atoms with Gasteiger partial charge in [0.15, 0.2) is 11.5 Å². The van der Waals surface area contributed by atoms with Gasteiger partial charge in [0.05, 0.1) is 6.61 Å². The van der Waals surface area contributed by atoms with Crippen LogP contribution < -0.4 is 14.8 Å². The topological polar surface area (TPSA) is 50.8 Å². The highest BCUT2D eigenvalue weighted by atomic mass is 19.3. The number of carbonyl (C=O) groups excluding carboxylic acids is 1. The highest BCUT2D eigenvalue weighted by Crippen LogP contribution is 2.30. The predicted octanol–water partition coefficient (Wildman–Crippen LogP) is 5.57. The van der Waals surface area contributed by atoms with E-state index in [2.05, 4.69) is 15.0 Å². The van der Waals surface area contributed by atoms with Crippen LogP contribution in [-0.4, -0.2) is 31.1 Å². The Morgan fingerprint density at radius 2 is 1.59 bits per heavy atom. The smallest absolute Gasteiger partial charge is 0.387 e. The van der Waals surface area contributed by atoms with Crippen molar-refractivity contribution >= 4 is 11.6 Å². The molecule has 0 atom stereocenters. The molecule has 0 heterocycles. The predicted molar refractivity (Wildman–Crippen MR) is 120 cm³/mol. The second kappa shape index (κ2) is 11.2. The number of amides is 1. The van der Waals surface area contributed by atoms with E-state index in [1.165, 1.54) is 6.07 Å². The molecule has 0 fully saturated rings. The molecule has 0 saturated carbocycles. The molecule has 5 nitrogen and oxygen atoms in total. The molecule has 0 aliphatic heterocycles. The van der Waals surface area contributed by atoms with Gasteiger partial charge in [-0.3, -0.25) is 9.69 Å². The first-order valence-corrected chi connectivity index (χ1v) is 10.3. The molecule has 168 valence electrons. The van der Waals surface area contributed by atoms with E-state index in [-0.39, 0.29) is 11.7 Å². The molecule has 7 heteroatoms. The van der Waals surface area contributed by atoms with Gasteiger partial charge in [-0.25, -0.2) is 0 Å². The number of nitrogens with zero attached hydrogens (tertiary/aromatic N) is 1. The highest BCUT2D eigenvalue weighted by molar-refractivity contribution is 6.04. The molecule has 3 rings (SSSR count). The summed E-state index contributed by atoms with van der Waals surface area (Å²) in [6.45, 7) is 0.476. The summed E-state index contributed by atoms with van der Waals surface area (Å²) in [6, 6.07) is 21.7. The van der Waals surface area contributed by atoms with E-state index >= 15 is 0 Å². The summed E-state index contributed by atoms with van der Waals surface area (Å²) in [5, 5.41) is 2.86. The lowest BCUT2D eigenvalue weighted by molar-refractivity contribution is -0.0514. The van der Waals surface area contributed by atoms with Crippen molar-refractivity contribution in [3.63, 3.8) is 0 Å². The largest absolute Gasteiger partial charge is 0.490 e. The normalized spacial score (nSPS) is 10.9. The zero-order valence-electron chi connectivity index (χ0n) is 18.1. The van der Waals surface area contributed by atoms with Crippen molar-refractivity contribution in [1.82, 2.24) is 4.90 Å². The maximum Gasteiger partial charge on any atom is 0.387 e. The Morgan fingerprint density at radius 1 is 0.938 bits per heavy atom. The van der Waals surface area contributed by atoms with E-state index in [4.69, 9.17) is 4.74 Å². The van der Waals surface area contributed by atoms with Gasteiger partial charge in [-0.1, -0.05) is 36.4 Å². The van der Waals surface area contributed by atoms with Crippen LogP contribution in [0.2, 0.25) is 0 Å². The fourth-order valence-electron chi connectivity index (χ4n) is 3.28. The average molecular weight is 440 g/mol. The monoisotopic (exact) mass is 440 g/mol. The number of rotatable bonds is 10. The van der Waals surface area contributed by atoms with Crippen molar-refractivity contribution in [3.05, 3.63) is 89.5 Å². The van der Waals surface area contributed by atoms with Gasteiger partial charge in [-0.15, -0.1) is 0 Å². The van der Waals surface area contributed by atoms with Gasteiger partial charge in [0.1, 0.15) is 0 Å². The zero-order chi connectivity index (χ0) is 22.9. The first-order valence-electron chi connectivity index (χ1n) is 10.3. The van der Waals surface area contributed by atoms with Crippen molar-refractivity contribution in [2.75, 3.05) is 19.0 Å². The van der Waals surface area contributed by atoms with Gasteiger partial charge in [0, 0.05) is 24.3 Å². The molecule has 0 saturated heterocycles. The quantitative estimate of drug-likeness (QED) is 0.448. The van der Waals surface area contributed by atoms with Gasteiger partial charge in [0.25, 0.3) is 5.91 Å². The van der Waals surface area contributed by atoms with Crippen molar-refractivity contribution in [2.45, 2.75) is 26.6 Å². The first kappa shape index (κ1) is 23.2. The first-order chi connectivity index (χ1) is 15.4. The highest BCUT2D eigenvalue weighted by Gasteiger charge is 2.13. The van der Waals surface area contributed by atoms with Crippen LogP contribution in [0.5, 0.6) is 11.5 Å². The second-order valence-corrected chi connectivity index (χ2v) is 7.28. The summed E-state index contributed by atoms with van der Waals surface area (Å²) in [6.07, 6.45) is 0. The summed E-state index contributed by atoms with van der Waals surface area (Å²) in [5.74, 6) is 0.163. The summed E-state index contributed by atoms with van der Waals surface area (Å²) in [5.41, 5.74) is 3.29. The molecule has 0 unspecified atom stereocenters. The molecule has 0 radical (unpaired) electrons. The van der Waals surface area contributed by atoms with Crippen LogP contribution >= 0.6 is 0 Å². The number of hydrogen-bond donors (Lipinski definition) is 1. The molecule has 1 amide bonds. The lowest BCUT2D eigenvalue weighted by Crippen LogP contribution is -2.18. The lowest BCUT2D eigenvalue weighted by atomic mass is 10.1. The van der Waals surface area contributed by atoms with E-state index in [0.717, 1.165) is 16.8 Å². The maximum atomic E-state index is 12.6. The number of alkyl halides is 2. The third-order valence-corrected chi connectivity index (χ3v) is 4.68. The molecule has 0 aliphatic rings. The molecular weight excluding hydrogens is 414 g/mol. The van der Waals surface area contributed by atoms with Gasteiger partial charge in [-0.2, -0.15) is 8.78 Å². The minimum absolute atomic E-state index is 0.0256. The summed E-state index contributed by atoms with van der Waals surface area (Å²) < 4.78 is 35.1. The van der Waals surface area contributed by atoms with Crippen LogP contribution in [0.1, 0.15) is 28.4 Å². The number of halogens is 2. The molecular formula is C25H26F2N2O3. The molecule has 32 heavy (non-hydrogen) atoms. The Morgan fingerprint density at radius 3 is 2.25 bits per heavy atom. The molecule has 1 N–H and O–H groups in total. The summed E-state index contributed by atoms with van der Waals surface area (Å²) >= 11 is 0. The average Bonchev–Trinajstić information content (AvgIpc) is 2.76. The van der Waals surface area contributed by atoms with Crippen LogP contribution in [0.25, 0.3) is 0 Å². The molecule has 3 aromatic carbocycles. The van der Waals surface area contributed by atoms with Crippen LogP contribution in [0.15, 0.2) is 72.8 Å².